The number of aromatic nitrogens is 3. The van der Waals surface area contributed by atoms with Crippen molar-refractivity contribution < 1.29 is 9.18 Å². The summed E-state index contributed by atoms with van der Waals surface area (Å²) in [6, 6.07) is 5.16. The van der Waals surface area contributed by atoms with Gasteiger partial charge in [-0.3, -0.25) is 4.79 Å². The number of fused-ring (bicyclic) bond motifs is 2. The van der Waals surface area contributed by atoms with Gasteiger partial charge in [-0.15, -0.1) is 11.3 Å². The maximum Gasteiger partial charge on any atom is 0.257 e. The Labute approximate surface area is 188 Å². The number of thiazole rings is 1. The van der Waals surface area contributed by atoms with Gasteiger partial charge in [0.2, 0.25) is 0 Å². The lowest BCUT2D eigenvalue weighted by atomic mass is 10.1. The van der Waals surface area contributed by atoms with Crippen LogP contribution >= 0.6 is 11.3 Å². The van der Waals surface area contributed by atoms with Crippen LogP contribution in [0, 0.1) is 19.7 Å². The Bertz CT molecular complexity index is 1390. The molecule has 1 aliphatic heterocycles. The van der Waals surface area contributed by atoms with Crippen LogP contribution < -0.4 is 15.5 Å². The number of aryl methyl sites for hydroxylation is 2. The molecule has 2 aliphatic rings. The van der Waals surface area contributed by atoms with Crippen molar-refractivity contribution in [2.45, 2.75) is 32.2 Å². The van der Waals surface area contributed by atoms with Crippen molar-refractivity contribution in [3.05, 3.63) is 52.7 Å². The summed E-state index contributed by atoms with van der Waals surface area (Å²) in [5.41, 5.74) is 3.91. The second kappa shape index (κ2) is 6.98. The quantitative estimate of drug-likeness (QED) is 0.495. The monoisotopic (exact) mass is 450 g/mol. The number of pyridine rings is 1. The molecule has 32 heavy (non-hydrogen) atoms. The van der Waals surface area contributed by atoms with E-state index in [1.807, 2.05) is 19.1 Å². The number of amides is 1. The first kappa shape index (κ1) is 19.6. The molecule has 0 atom stereocenters. The van der Waals surface area contributed by atoms with E-state index in [0.717, 1.165) is 35.0 Å². The summed E-state index contributed by atoms with van der Waals surface area (Å²) < 4.78 is 17.1. The minimum absolute atomic E-state index is 0.242. The maximum atomic E-state index is 14.4. The summed E-state index contributed by atoms with van der Waals surface area (Å²) in [7, 11) is 0. The van der Waals surface area contributed by atoms with E-state index < -0.39 is 5.82 Å². The number of hydrogen-bond acceptors (Lipinski definition) is 6. The number of carbonyl (C=O) groups is 1. The molecule has 1 amide bonds. The van der Waals surface area contributed by atoms with Gasteiger partial charge in [-0.2, -0.15) is 0 Å². The Morgan fingerprint density at radius 1 is 1.25 bits per heavy atom. The minimum atomic E-state index is -0.478. The molecule has 0 unspecified atom stereocenters. The molecule has 2 N–H and O–H groups in total. The third kappa shape index (κ3) is 3.23. The van der Waals surface area contributed by atoms with E-state index in [9.17, 15) is 9.18 Å². The molecule has 0 radical (unpaired) electrons. The molecular formula is C23H23FN6OS. The second-order valence-corrected chi connectivity index (χ2v) is 10.0. The molecule has 9 heteroatoms. The van der Waals surface area contributed by atoms with Crippen LogP contribution in [0.4, 0.5) is 15.8 Å². The van der Waals surface area contributed by atoms with Gasteiger partial charge in [0.1, 0.15) is 0 Å². The molecule has 1 aromatic carbocycles. The highest BCUT2D eigenvalue weighted by atomic mass is 32.1. The summed E-state index contributed by atoms with van der Waals surface area (Å²) in [6.07, 6.45) is 5.83. The molecule has 2 fully saturated rings. The second-order valence-electron chi connectivity index (χ2n) is 8.82. The number of hydrogen-bond donors (Lipinski definition) is 2. The first-order valence-electron chi connectivity index (χ1n) is 10.8. The van der Waals surface area contributed by atoms with Crippen molar-refractivity contribution in [3.63, 3.8) is 0 Å². The molecule has 1 saturated carbocycles. The van der Waals surface area contributed by atoms with Gasteiger partial charge in [0, 0.05) is 43.6 Å². The first-order chi connectivity index (χ1) is 15.4. The number of carbonyl (C=O) groups excluding carboxylic acids is 1. The van der Waals surface area contributed by atoms with Crippen LogP contribution in [-0.4, -0.2) is 45.4 Å². The van der Waals surface area contributed by atoms with Crippen molar-refractivity contribution >= 4 is 44.5 Å². The maximum absolute atomic E-state index is 14.4. The van der Waals surface area contributed by atoms with Gasteiger partial charge in [0.15, 0.2) is 11.5 Å². The molecule has 7 nitrogen and oxygen atoms in total. The minimum Gasteiger partial charge on any atom is -0.367 e. The van der Waals surface area contributed by atoms with Crippen LogP contribution in [0.1, 0.15) is 33.9 Å². The Morgan fingerprint density at radius 2 is 2.09 bits per heavy atom. The smallest absolute Gasteiger partial charge is 0.257 e. The van der Waals surface area contributed by atoms with E-state index in [4.69, 9.17) is 0 Å². The Morgan fingerprint density at radius 3 is 2.91 bits per heavy atom. The summed E-state index contributed by atoms with van der Waals surface area (Å²) in [6.45, 7) is 6.64. The van der Waals surface area contributed by atoms with Crippen LogP contribution in [-0.2, 0) is 0 Å². The summed E-state index contributed by atoms with van der Waals surface area (Å²) in [5.74, 6) is -0.782. The van der Waals surface area contributed by atoms with Gasteiger partial charge in [-0.05, 0) is 38.8 Å². The molecule has 3 aromatic heterocycles. The average molecular weight is 451 g/mol. The predicted octanol–water partition coefficient (Wildman–Crippen LogP) is 3.89. The van der Waals surface area contributed by atoms with Gasteiger partial charge in [-0.25, -0.2) is 14.4 Å². The van der Waals surface area contributed by atoms with Gasteiger partial charge in [0.05, 0.1) is 37.9 Å². The largest absolute Gasteiger partial charge is 0.367 e. The lowest BCUT2D eigenvalue weighted by Gasteiger charge is -2.36. The van der Waals surface area contributed by atoms with Crippen LogP contribution in [0.5, 0.6) is 0 Å². The fourth-order valence-electron chi connectivity index (χ4n) is 4.63. The highest BCUT2D eigenvalue weighted by Crippen LogP contribution is 2.41. The predicted molar refractivity (Wildman–Crippen MR) is 124 cm³/mol. The summed E-state index contributed by atoms with van der Waals surface area (Å²) in [4.78, 5) is 24.4. The number of nitrogens with one attached hydrogen (secondary N) is 2. The molecule has 164 valence electrons. The molecule has 1 saturated heterocycles. The zero-order valence-corrected chi connectivity index (χ0v) is 18.7. The van der Waals surface area contributed by atoms with Crippen LogP contribution in [0.2, 0.25) is 0 Å². The molecule has 1 aliphatic carbocycles. The molecule has 1 spiro atoms. The number of halogens is 1. The van der Waals surface area contributed by atoms with Gasteiger partial charge >= 0.3 is 0 Å². The standard InChI is InChI=1S/C23H23FN6OS/c1-13-10-30-11-15(9-17(24)21(30)26-13)28-22(31)16-3-4-18(20-19(16)27-14(2)32-20)29-8-7-25-23(12-29)5-6-23/h3-4,9-11,25H,5-8,12H2,1-2H3,(H,28,31). The molecule has 6 rings (SSSR count). The SMILES string of the molecule is Cc1cn2cc(NC(=O)c3ccc(N4CCNC5(CC5)C4)c4sc(C)nc34)cc(F)c2n1. The van der Waals surface area contributed by atoms with Crippen LogP contribution in [0.3, 0.4) is 0 Å². The number of piperazine rings is 1. The average Bonchev–Trinajstić information content (AvgIpc) is 3.18. The van der Waals surface area contributed by atoms with E-state index in [1.54, 1.807) is 35.1 Å². The van der Waals surface area contributed by atoms with Gasteiger partial charge in [-0.1, -0.05) is 0 Å². The Hall–Kier alpha value is -3.04. The van der Waals surface area contributed by atoms with Crippen LogP contribution in [0.15, 0.2) is 30.6 Å². The number of rotatable bonds is 3. The normalized spacial score (nSPS) is 17.4. The lowest BCUT2D eigenvalue weighted by Crippen LogP contribution is -2.52. The third-order valence-corrected chi connectivity index (χ3v) is 7.32. The fraction of sp³-hybridized carbons (Fsp3) is 0.348. The Balaban J connectivity index is 1.35. The van der Waals surface area contributed by atoms with E-state index in [2.05, 4.69) is 25.5 Å². The highest BCUT2D eigenvalue weighted by molar-refractivity contribution is 7.19. The first-order valence-corrected chi connectivity index (χ1v) is 11.6. The zero-order valence-electron chi connectivity index (χ0n) is 17.9. The van der Waals surface area contributed by atoms with E-state index >= 15 is 0 Å². The molecule has 4 aromatic rings. The fourth-order valence-corrected chi connectivity index (χ4v) is 5.61. The lowest BCUT2D eigenvalue weighted by molar-refractivity contribution is 0.102. The van der Waals surface area contributed by atoms with Gasteiger partial charge < -0.3 is 19.9 Å². The molecular weight excluding hydrogens is 427 g/mol. The number of imidazole rings is 1. The Kier molecular flexibility index (Phi) is 4.28. The summed E-state index contributed by atoms with van der Waals surface area (Å²) in [5, 5.41) is 7.40. The van der Waals surface area contributed by atoms with Crippen molar-refractivity contribution in [2.75, 3.05) is 29.9 Å². The van der Waals surface area contributed by atoms with Crippen molar-refractivity contribution in [2.24, 2.45) is 0 Å². The number of benzene rings is 1. The topological polar surface area (TPSA) is 74.6 Å². The molecule has 0 bridgehead atoms. The number of nitrogens with zero attached hydrogens (tertiary/aromatic N) is 4. The highest BCUT2D eigenvalue weighted by Gasteiger charge is 2.45. The van der Waals surface area contributed by atoms with E-state index in [-0.39, 0.29) is 17.1 Å². The van der Waals surface area contributed by atoms with E-state index in [0.29, 0.717) is 22.5 Å². The number of anilines is 2. The van der Waals surface area contributed by atoms with Crippen molar-refractivity contribution in [3.8, 4) is 0 Å². The van der Waals surface area contributed by atoms with Crippen molar-refractivity contribution in [1.29, 1.82) is 0 Å². The third-order valence-electron chi connectivity index (χ3n) is 6.33. The summed E-state index contributed by atoms with van der Waals surface area (Å²) >= 11 is 1.61. The van der Waals surface area contributed by atoms with Crippen LogP contribution in [0.25, 0.3) is 15.9 Å². The zero-order chi connectivity index (χ0) is 22.0. The molecule has 4 heterocycles. The van der Waals surface area contributed by atoms with Crippen molar-refractivity contribution in [1.82, 2.24) is 19.7 Å². The van der Waals surface area contributed by atoms with Gasteiger partial charge in [0.25, 0.3) is 5.91 Å². The van der Waals surface area contributed by atoms with E-state index in [1.165, 1.54) is 18.9 Å².